The highest BCUT2D eigenvalue weighted by atomic mass is 14.9. The summed E-state index contributed by atoms with van der Waals surface area (Å²) in [5, 5.41) is 0.544. The van der Waals surface area contributed by atoms with Gasteiger partial charge in [-0.15, -0.1) is 0 Å². The minimum absolute atomic E-state index is 0.266. The van der Waals surface area contributed by atoms with Crippen LogP contribution in [0.4, 0.5) is 0 Å². The number of hydrogen-bond acceptors (Lipinski definition) is 3. The van der Waals surface area contributed by atoms with Crippen molar-refractivity contribution in [3.8, 4) is 11.3 Å². The van der Waals surface area contributed by atoms with E-state index in [1.54, 1.807) is 18.2 Å². The van der Waals surface area contributed by atoms with Crippen LogP contribution < -0.4 is 0 Å². The highest BCUT2D eigenvalue weighted by Crippen LogP contribution is 2.23. The van der Waals surface area contributed by atoms with Gasteiger partial charge in [0.15, 0.2) is 0 Å². The Kier molecular flexibility index (Phi) is 1.25. The first-order valence-electron chi connectivity index (χ1n) is 10.1. The van der Waals surface area contributed by atoms with E-state index in [4.69, 9.17) is 12.3 Å². The van der Waals surface area contributed by atoms with Gasteiger partial charge in [0.2, 0.25) is 0 Å². The van der Waals surface area contributed by atoms with Crippen molar-refractivity contribution in [1.29, 1.82) is 0 Å². The molecular formula is C16H15N3. The Morgan fingerprint density at radius 3 is 2.74 bits per heavy atom. The Morgan fingerprint density at radius 2 is 1.89 bits per heavy atom. The van der Waals surface area contributed by atoms with Crippen LogP contribution in [0.2, 0.25) is 0 Å². The molecule has 0 saturated heterocycles. The zero-order valence-electron chi connectivity index (χ0n) is 18.8. The van der Waals surface area contributed by atoms with Crippen molar-refractivity contribution in [1.82, 2.24) is 15.0 Å². The highest BCUT2D eigenvalue weighted by Gasteiger charge is 2.04. The van der Waals surface area contributed by atoms with Crippen LogP contribution in [0.15, 0.2) is 36.7 Å². The Balaban J connectivity index is 2.12. The first-order chi connectivity index (χ1) is 12.8. The molecule has 0 bridgehead atoms. The molecule has 3 heteroatoms. The van der Waals surface area contributed by atoms with Crippen LogP contribution in [0.5, 0.6) is 0 Å². The second-order valence-corrected chi connectivity index (χ2v) is 4.08. The lowest BCUT2D eigenvalue weighted by molar-refractivity contribution is 1.09. The van der Waals surface area contributed by atoms with E-state index < -0.39 is 20.6 Å². The molecule has 1 aromatic carbocycles. The van der Waals surface area contributed by atoms with Crippen LogP contribution in [-0.4, -0.2) is 15.0 Å². The standard InChI is InChI=1S/C16H15N3/c1-10-6-16(18-8-11(10)2)13-4-5-15-14(7-13)9-17-12(3)19-15/h4-9H,1-3H3/i1D3,2D3,3D3. The van der Waals surface area contributed by atoms with Gasteiger partial charge in [-0.25, -0.2) is 9.97 Å². The summed E-state index contributed by atoms with van der Waals surface area (Å²) in [6.45, 7) is -7.64. The first-order valence-corrected chi connectivity index (χ1v) is 5.55. The average Bonchev–Trinajstić information content (AvgIpc) is 2.58. The van der Waals surface area contributed by atoms with E-state index in [1.165, 1.54) is 12.3 Å². The molecule has 0 radical (unpaired) electrons. The molecule has 0 amide bonds. The number of aromatic nitrogens is 3. The minimum atomic E-state index is -2.62. The van der Waals surface area contributed by atoms with Gasteiger partial charge in [-0.1, -0.05) is 6.07 Å². The Morgan fingerprint density at radius 1 is 0.947 bits per heavy atom. The SMILES string of the molecule is [2H]C([2H])([2H])c1ncc2cc(-c3cc(C([2H])([2H])[2H])c(C([2H])([2H])[2H])cn3)ccc2n1. The Hall–Kier alpha value is -2.29. The molecule has 19 heavy (non-hydrogen) atoms. The zero-order valence-corrected chi connectivity index (χ0v) is 9.81. The number of hydrogen-bond donors (Lipinski definition) is 0. The topological polar surface area (TPSA) is 38.7 Å². The third-order valence-electron chi connectivity index (χ3n) is 2.78. The lowest BCUT2D eigenvalue weighted by atomic mass is 10.1. The molecule has 0 aliphatic rings. The largest absolute Gasteiger partial charge is 0.256 e. The fourth-order valence-electron chi connectivity index (χ4n) is 1.81. The van der Waals surface area contributed by atoms with E-state index in [-0.39, 0.29) is 22.6 Å². The van der Waals surface area contributed by atoms with Crippen molar-refractivity contribution < 1.29 is 12.3 Å². The molecule has 0 saturated carbocycles. The maximum Gasteiger partial charge on any atom is 0.125 e. The smallest absolute Gasteiger partial charge is 0.125 e. The van der Waals surface area contributed by atoms with Crippen LogP contribution in [0.25, 0.3) is 22.2 Å². The molecule has 0 N–H and O–H groups in total. The lowest BCUT2D eigenvalue weighted by Crippen LogP contribution is -1.91. The molecule has 2 aromatic heterocycles. The van der Waals surface area contributed by atoms with Crippen molar-refractivity contribution in [3.05, 3.63) is 53.6 Å². The minimum Gasteiger partial charge on any atom is -0.256 e. The number of nitrogens with zero attached hydrogens (tertiary/aromatic N) is 3. The van der Waals surface area contributed by atoms with Gasteiger partial charge in [0.25, 0.3) is 0 Å². The lowest BCUT2D eigenvalue weighted by Gasteiger charge is -2.06. The number of pyridine rings is 1. The fraction of sp³-hybridized carbons (Fsp3) is 0.188. The van der Waals surface area contributed by atoms with Gasteiger partial charge >= 0.3 is 0 Å². The third kappa shape index (κ3) is 2.19. The van der Waals surface area contributed by atoms with E-state index >= 15 is 0 Å². The number of aryl methyl sites for hydroxylation is 3. The third-order valence-corrected chi connectivity index (χ3v) is 2.78. The summed E-state index contributed by atoms with van der Waals surface area (Å²) in [6, 6.07) is 6.07. The summed E-state index contributed by atoms with van der Waals surface area (Å²) < 4.78 is 67.7. The van der Waals surface area contributed by atoms with Gasteiger partial charge in [-0.2, -0.15) is 0 Å². The maximum atomic E-state index is 7.65. The average molecular weight is 258 g/mol. The van der Waals surface area contributed by atoms with Crippen molar-refractivity contribution >= 4 is 10.9 Å². The van der Waals surface area contributed by atoms with Crippen molar-refractivity contribution in [3.63, 3.8) is 0 Å². The molecule has 94 valence electrons. The predicted octanol–water partition coefficient (Wildman–Crippen LogP) is 3.62. The van der Waals surface area contributed by atoms with E-state index in [2.05, 4.69) is 15.0 Å². The summed E-state index contributed by atoms with van der Waals surface area (Å²) in [4.78, 5) is 12.0. The second kappa shape index (κ2) is 4.43. The molecule has 0 unspecified atom stereocenters. The normalized spacial score (nSPS) is 19.9. The number of benzene rings is 1. The number of rotatable bonds is 1. The monoisotopic (exact) mass is 258 g/mol. The van der Waals surface area contributed by atoms with E-state index in [0.29, 0.717) is 16.5 Å². The molecule has 0 aliphatic carbocycles. The zero-order chi connectivity index (χ0) is 20.9. The molecule has 0 atom stereocenters. The van der Waals surface area contributed by atoms with Crippen molar-refractivity contribution in [2.24, 2.45) is 0 Å². The van der Waals surface area contributed by atoms with Gasteiger partial charge in [-0.05, 0) is 49.9 Å². The van der Waals surface area contributed by atoms with E-state index in [0.717, 1.165) is 6.20 Å². The van der Waals surface area contributed by atoms with Gasteiger partial charge in [-0.3, -0.25) is 4.98 Å². The molecule has 3 aromatic rings. The molecular weight excluding hydrogens is 234 g/mol. The van der Waals surface area contributed by atoms with Crippen molar-refractivity contribution in [2.75, 3.05) is 0 Å². The van der Waals surface area contributed by atoms with E-state index in [1.807, 2.05) is 0 Å². The van der Waals surface area contributed by atoms with Crippen LogP contribution >= 0.6 is 0 Å². The van der Waals surface area contributed by atoms with E-state index in [9.17, 15) is 0 Å². The molecule has 2 heterocycles. The summed E-state index contributed by atoms with van der Waals surface area (Å²) >= 11 is 0. The quantitative estimate of drug-likeness (QED) is 0.669. The first kappa shape index (κ1) is 5.37. The van der Waals surface area contributed by atoms with Crippen LogP contribution in [0, 0.1) is 20.6 Å². The molecule has 0 aliphatic heterocycles. The van der Waals surface area contributed by atoms with Gasteiger partial charge in [0, 0.05) is 35.7 Å². The predicted molar refractivity (Wildman–Crippen MR) is 77.0 cm³/mol. The Labute approximate surface area is 125 Å². The molecule has 3 nitrogen and oxygen atoms in total. The Bertz CT molecular complexity index is 1040. The second-order valence-electron chi connectivity index (χ2n) is 4.08. The van der Waals surface area contributed by atoms with Crippen molar-refractivity contribution in [2.45, 2.75) is 20.6 Å². The van der Waals surface area contributed by atoms with Gasteiger partial charge in [0.1, 0.15) is 5.82 Å². The van der Waals surface area contributed by atoms with Crippen LogP contribution in [0.1, 0.15) is 29.3 Å². The summed E-state index contributed by atoms with van der Waals surface area (Å²) in [5.41, 5.74) is 0.621. The van der Waals surface area contributed by atoms with Crippen LogP contribution in [-0.2, 0) is 0 Å². The molecule has 3 rings (SSSR count). The maximum absolute atomic E-state index is 7.65. The highest BCUT2D eigenvalue weighted by molar-refractivity contribution is 5.83. The fourth-order valence-corrected chi connectivity index (χ4v) is 1.81. The van der Waals surface area contributed by atoms with Crippen LogP contribution in [0.3, 0.4) is 0 Å². The molecule has 0 fully saturated rings. The summed E-state index contributed by atoms with van der Waals surface area (Å²) in [5.74, 6) is -0.266. The molecule has 0 spiro atoms. The van der Waals surface area contributed by atoms with Gasteiger partial charge < -0.3 is 0 Å². The summed E-state index contributed by atoms with van der Waals surface area (Å²) in [6.07, 6.45) is 2.43. The summed E-state index contributed by atoms with van der Waals surface area (Å²) in [7, 11) is 0. The number of fused-ring (bicyclic) bond motifs is 1. The van der Waals surface area contributed by atoms with Gasteiger partial charge in [0.05, 0.1) is 11.2 Å².